The fourth-order valence-electron chi connectivity index (χ4n) is 6.22. The van der Waals surface area contributed by atoms with Gasteiger partial charge in [-0.3, -0.25) is 0 Å². The van der Waals surface area contributed by atoms with Crippen LogP contribution in [0, 0.1) is 29.4 Å². The van der Waals surface area contributed by atoms with E-state index in [9.17, 15) is 8.78 Å². The first-order chi connectivity index (χ1) is 15.1. The molecule has 0 spiro atoms. The molecule has 0 aromatic heterocycles. The second-order valence-corrected chi connectivity index (χ2v) is 13.7. The molecule has 0 bridgehead atoms. The molecule has 1 aliphatic carbocycles. The molecule has 0 nitrogen and oxygen atoms in total. The topological polar surface area (TPSA) is 0 Å². The van der Waals surface area contributed by atoms with Crippen molar-refractivity contribution in [2.24, 2.45) is 17.8 Å². The summed E-state index contributed by atoms with van der Waals surface area (Å²) in [7, 11) is -0.342. The highest BCUT2D eigenvalue weighted by Crippen LogP contribution is 2.41. The van der Waals surface area contributed by atoms with E-state index in [-0.39, 0.29) is 8.80 Å². The number of aryl methyl sites for hydroxylation is 1. The van der Waals surface area contributed by atoms with Gasteiger partial charge in [-0.2, -0.15) is 0 Å². The predicted octanol–water partition coefficient (Wildman–Crippen LogP) is 8.42. The Labute approximate surface area is 189 Å². The Morgan fingerprint density at radius 2 is 1.42 bits per heavy atom. The molecule has 2 aromatic carbocycles. The summed E-state index contributed by atoms with van der Waals surface area (Å²) in [6.07, 6.45) is 12.7. The lowest BCUT2D eigenvalue weighted by molar-refractivity contribution is 0.186. The van der Waals surface area contributed by atoms with Gasteiger partial charge in [0.15, 0.2) is 11.6 Å². The molecule has 0 atom stereocenters. The Bertz CT molecular complexity index is 815. The Morgan fingerprint density at radius 1 is 0.774 bits per heavy atom. The number of hydrogen-bond donors (Lipinski definition) is 0. The van der Waals surface area contributed by atoms with Gasteiger partial charge in [0, 0.05) is 8.80 Å². The number of hydrogen-bond acceptors (Lipinski definition) is 0. The van der Waals surface area contributed by atoms with Crippen LogP contribution in [0.5, 0.6) is 0 Å². The van der Waals surface area contributed by atoms with Crippen molar-refractivity contribution in [3.8, 4) is 11.1 Å². The van der Waals surface area contributed by atoms with Crippen LogP contribution in [0.1, 0.15) is 63.9 Å². The van der Waals surface area contributed by atoms with Crippen LogP contribution in [-0.4, -0.2) is 8.80 Å². The lowest BCUT2D eigenvalue weighted by Crippen LogP contribution is -2.28. The molecule has 2 aromatic rings. The average Bonchev–Trinajstić information content (AvgIpc) is 2.81. The van der Waals surface area contributed by atoms with Gasteiger partial charge in [-0.15, -0.1) is 0 Å². The van der Waals surface area contributed by atoms with Crippen LogP contribution in [0.4, 0.5) is 8.78 Å². The molecule has 3 heteroatoms. The van der Waals surface area contributed by atoms with Gasteiger partial charge in [0.05, 0.1) is 0 Å². The maximum absolute atomic E-state index is 13.5. The van der Waals surface area contributed by atoms with Crippen molar-refractivity contribution in [1.29, 1.82) is 0 Å². The molecular weight excluding hydrogens is 402 g/mol. The summed E-state index contributed by atoms with van der Waals surface area (Å²) < 4.78 is 26.6. The zero-order chi connectivity index (χ0) is 21.6. The van der Waals surface area contributed by atoms with Crippen LogP contribution < -0.4 is 0 Å². The monoisotopic (exact) mass is 440 g/mol. The highest BCUT2D eigenvalue weighted by atomic mass is 28.3. The van der Waals surface area contributed by atoms with Crippen molar-refractivity contribution in [2.75, 3.05) is 0 Å². The third-order valence-electron chi connectivity index (χ3n) is 8.19. The minimum absolute atomic E-state index is 0.342. The zero-order valence-electron chi connectivity index (χ0n) is 19.1. The molecule has 0 amide bonds. The van der Waals surface area contributed by atoms with Crippen molar-refractivity contribution in [1.82, 2.24) is 0 Å². The van der Waals surface area contributed by atoms with E-state index in [1.54, 1.807) is 37.0 Å². The minimum Gasteiger partial charge on any atom is -0.204 e. The van der Waals surface area contributed by atoms with Gasteiger partial charge in [-0.05, 0) is 72.3 Å². The number of benzene rings is 2. The zero-order valence-corrected chi connectivity index (χ0v) is 20.2. The van der Waals surface area contributed by atoms with E-state index in [4.69, 9.17) is 0 Å². The quantitative estimate of drug-likeness (QED) is 0.379. The van der Waals surface area contributed by atoms with Gasteiger partial charge in [-0.25, -0.2) is 8.78 Å². The Balaban J connectivity index is 1.21. The summed E-state index contributed by atoms with van der Waals surface area (Å²) in [5.74, 6) is 1.37. The molecule has 2 aliphatic rings. The van der Waals surface area contributed by atoms with Gasteiger partial charge >= 0.3 is 0 Å². The van der Waals surface area contributed by atoms with E-state index in [2.05, 4.69) is 19.1 Å². The first kappa shape index (κ1) is 22.7. The van der Waals surface area contributed by atoms with E-state index in [1.807, 2.05) is 12.1 Å². The van der Waals surface area contributed by atoms with Gasteiger partial charge in [0.2, 0.25) is 0 Å². The molecule has 2 fully saturated rings. The Kier molecular flexibility index (Phi) is 7.98. The highest BCUT2D eigenvalue weighted by molar-refractivity contribution is 6.58. The van der Waals surface area contributed by atoms with Gasteiger partial charge in [0.25, 0.3) is 0 Å². The van der Waals surface area contributed by atoms with Crippen LogP contribution >= 0.6 is 0 Å². The van der Waals surface area contributed by atoms with Crippen molar-refractivity contribution in [3.63, 3.8) is 0 Å². The second kappa shape index (κ2) is 10.9. The smallest absolute Gasteiger partial charge is 0.159 e. The van der Waals surface area contributed by atoms with Gasteiger partial charge in [0.1, 0.15) is 0 Å². The Morgan fingerprint density at radius 3 is 2.06 bits per heavy atom. The van der Waals surface area contributed by atoms with Crippen molar-refractivity contribution >= 4 is 8.80 Å². The summed E-state index contributed by atoms with van der Waals surface area (Å²) in [5.41, 5.74) is 3.03. The first-order valence-electron chi connectivity index (χ1n) is 12.7. The number of rotatable bonds is 7. The molecule has 4 rings (SSSR count). The van der Waals surface area contributed by atoms with Crippen molar-refractivity contribution < 1.29 is 8.78 Å². The summed E-state index contributed by atoms with van der Waals surface area (Å²) in [5, 5.41) is 0. The number of halogens is 2. The van der Waals surface area contributed by atoms with Crippen LogP contribution in [0.2, 0.25) is 18.1 Å². The summed E-state index contributed by atoms with van der Waals surface area (Å²) >= 11 is 0. The largest absolute Gasteiger partial charge is 0.204 e. The normalized spacial score (nSPS) is 26.7. The molecular formula is C28H38F2Si. The van der Waals surface area contributed by atoms with Crippen LogP contribution in [0.3, 0.4) is 0 Å². The molecule has 1 saturated carbocycles. The summed E-state index contributed by atoms with van der Waals surface area (Å²) in [4.78, 5) is 0. The van der Waals surface area contributed by atoms with Crippen LogP contribution in [0.15, 0.2) is 42.5 Å². The van der Waals surface area contributed by atoms with Crippen LogP contribution in [0.25, 0.3) is 11.1 Å². The van der Waals surface area contributed by atoms with Crippen LogP contribution in [-0.2, 0) is 6.42 Å². The SMILES string of the molecule is CCC[SiH]1CCC([C@H]2CC[C@H](CCc3ccc(-c4ccc(F)c(F)c4)cc3)CC2)CC1. The fourth-order valence-corrected chi connectivity index (χ4v) is 9.70. The predicted molar refractivity (Wildman–Crippen MR) is 130 cm³/mol. The standard InChI is InChI=1S/C28H38F2Si/c1-2-17-31-18-15-25(16-19-31)23-9-5-21(6-10-23)3-4-22-7-11-24(12-8-22)26-13-14-27(29)28(30)20-26/h7-8,11-14,20-21,23,25,31H,2-6,9-10,15-19H2,1H3/t21-,23-,25?,31?. The fraction of sp³-hybridized carbons (Fsp3) is 0.571. The first-order valence-corrected chi connectivity index (χ1v) is 15.1. The third kappa shape index (κ3) is 6.06. The van der Waals surface area contributed by atoms with E-state index in [0.29, 0.717) is 0 Å². The average molecular weight is 441 g/mol. The third-order valence-corrected chi connectivity index (χ3v) is 11.9. The van der Waals surface area contributed by atoms with E-state index in [0.717, 1.165) is 35.3 Å². The summed E-state index contributed by atoms with van der Waals surface area (Å²) in [6, 6.07) is 17.3. The lowest BCUT2D eigenvalue weighted by Gasteiger charge is -2.37. The van der Waals surface area contributed by atoms with Crippen molar-refractivity contribution in [2.45, 2.75) is 82.8 Å². The molecule has 0 N–H and O–H groups in total. The van der Waals surface area contributed by atoms with Gasteiger partial charge in [-0.1, -0.05) is 87.5 Å². The van der Waals surface area contributed by atoms with Gasteiger partial charge < -0.3 is 0 Å². The molecule has 31 heavy (non-hydrogen) atoms. The molecule has 1 saturated heterocycles. The van der Waals surface area contributed by atoms with Crippen molar-refractivity contribution in [3.05, 3.63) is 59.7 Å². The van der Waals surface area contributed by atoms with E-state index in [1.165, 1.54) is 56.2 Å². The maximum Gasteiger partial charge on any atom is 0.159 e. The maximum atomic E-state index is 13.5. The van der Waals surface area contributed by atoms with E-state index >= 15 is 0 Å². The lowest BCUT2D eigenvalue weighted by atomic mass is 9.73. The minimum atomic E-state index is -0.791. The molecule has 1 heterocycles. The molecule has 1 aliphatic heterocycles. The molecule has 0 unspecified atom stereocenters. The molecule has 168 valence electrons. The summed E-state index contributed by atoms with van der Waals surface area (Å²) in [6.45, 7) is 2.36. The highest BCUT2D eigenvalue weighted by Gasteiger charge is 2.30. The Hall–Kier alpha value is -1.48. The second-order valence-electron chi connectivity index (χ2n) is 10.2. The van der Waals surface area contributed by atoms with E-state index < -0.39 is 11.6 Å². The molecule has 0 radical (unpaired) electrons.